The Balaban J connectivity index is 1.77. The van der Waals surface area contributed by atoms with E-state index in [1.165, 1.54) is 0 Å². The number of carbonyl (C=O) groups excluding carboxylic acids is 1. The van der Waals surface area contributed by atoms with Crippen LogP contribution in [0, 0.1) is 11.3 Å². The summed E-state index contributed by atoms with van der Waals surface area (Å²) in [7, 11) is 1.61. The summed E-state index contributed by atoms with van der Waals surface area (Å²) in [6.45, 7) is 0.843. The number of rotatable bonds is 7. The minimum absolute atomic E-state index is 0.268. The Morgan fingerprint density at radius 2 is 1.87 bits per heavy atom. The Morgan fingerprint density at radius 1 is 1.10 bits per heavy atom. The predicted octanol–water partition coefficient (Wildman–Crippen LogP) is 6.15. The highest BCUT2D eigenvalue weighted by atomic mass is 35.5. The molecule has 2 amide bonds. The first-order valence-electron chi connectivity index (χ1n) is 9.61. The Kier molecular flexibility index (Phi) is 7.77. The van der Waals surface area contributed by atoms with Crippen LogP contribution in [0.5, 0.6) is 5.75 Å². The lowest BCUT2D eigenvalue weighted by Gasteiger charge is -2.24. The van der Waals surface area contributed by atoms with Crippen LogP contribution in [-0.4, -0.2) is 24.6 Å². The van der Waals surface area contributed by atoms with E-state index in [1.54, 1.807) is 48.4 Å². The van der Waals surface area contributed by atoms with Crippen LogP contribution in [0.1, 0.15) is 16.7 Å². The zero-order valence-corrected chi connectivity index (χ0v) is 18.5. The summed E-state index contributed by atoms with van der Waals surface area (Å²) in [5.41, 5.74) is 2.91. The van der Waals surface area contributed by atoms with Crippen LogP contribution >= 0.6 is 23.2 Å². The highest BCUT2D eigenvalue weighted by Crippen LogP contribution is 2.22. The van der Waals surface area contributed by atoms with Gasteiger partial charge in [-0.25, -0.2) is 4.79 Å². The molecule has 0 aliphatic rings. The van der Waals surface area contributed by atoms with Gasteiger partial charge in [0.25, 0.3) is 0 Å². The molecule has 31 heavy (non-hydrogen) atoms. The van der Waals surface area contributed by atoms with E-state index in [-0.39, 0.29) is 6.03 Å². The van der Waals surface area contributed by atoms with Gasteiger partial charge in [0.2, 0.25) is 0 Å². The van der Waals surface area contributed by atoms with E-state index in [2.05, 4.69) is 11.4 Å². The molecule has 0 radical (unpaired) electrons. The zero-order chi connectivity index (χ0) is 22.2. The van der Waals surface area contributed by atoms with Crippen molar-refractivity contribution < 1.29 is 9.53 Å². The number of ether oxygens (including phenoxy) is 1. The number of hydrogen-bond acceptors (Lipinski definition) is 3. The van der Waals surface area contributed by atoms with Crippen molar-refractivity contribution >= 4 is 34.9 Å². The van der Waals surface area contributed by atoms with Crippen molar-refractivity contribution in [3.05, 3.63) is 93.5 Å². The maximum atomic E-state index is 13.1. The maximum absolute atomic E-state index is 13.1. The number of amides is 2. The summed E-state index contributed by atoms with van der Waals surface area (Å²) in [6.07, 6.45) is 0.567. The van der Waals surface area contributed by atoms with E-state index in [9.17, 15) is 4.79 Å². The molecule has 1 N–H and O–H groups in total. The van der Waals surface area contributed by atoms with E-state index in [0.29, 0.717) is 40.8 Å². The van der Waals surface area contributed by atoms with Crippen molar-refractivity contribution in [3.63, 3.8) is 0 Å². The minimum atomic E-state index is -0.268. The Bertz CT molecular complexity index is 1090. The molecule has 5 nitrogen and oxygen atoms in total. The largest absolute Gasteiger partial charge is 0.497 e. The quantitative estimate of drug-likeness (QED) is 0.466. The maximum Gasteiger partial charge on any atom is 0.322 e. The summed E-state index contributed by atoms with van der Waals surface area (Å²) >= 11 is 12.3. The molecule has 0 unspecified atom stereocenters. The standard InChI is InChI=1S/C24H21Cl2N3O2/c1-31-22-9-5-17(6-10-22)16-29(12-11-19-7-8-20(25)14-23(19)26)24(30)28-21-4-2-3-18(13-21)15-27/h2-10,13-14H,11-12,16H2,1H3,(H,28,30). The van der Waals surface area contributed by atoms with Crippen molar-refractivity contribution in [2.45, 2.75) is 13.0 Å². The Hall–Kier alpha value is -3.20. The normalized spacial score (nSPS) is 10.3. The predicted molar refractivity (Wildman–Crippen MR) is 124 cm³/mol. The second-order valence-electron chi connectivity index (χ2n) is 6.88. The van der Waals surface area contributed by atoms with Gasteiger partial charge in [0.15, 0.2) is 0 Å². The number of methoxy groups -OCH3 is 1. The van der Waals surface area contributed by atoms with E-state index in [4.69, 9.17) is 33.2 Å². The lowest BCUT2D eigenvalue weighted by Crippen LogP contribution is -2.36. The van der Waals surface area contributed by atoms with Crippen LogP contribution < -0.4 is 10.1 Å². The van der Waals surface area contributed by atoms with Crippen LogP contribution in [-0.2, 0) is 13.0 Å². The van der Waals surface area contributed by atoms with Gasteiger partial charge in [-0.05, 0) is 60.0 Å². The molecular formula is C24H21Cl2N3O2. The van der Waals surface area contributed by atoms with Crippen LogP contribution in [0.3, 0.4) is 0 Å². The molecule has 0 aliphatic heterocycles. The first-order valence-corrected chi connectivity index (χ1v) is 10.4. The van der Waals surface area contributed by atoms with Gasteiger partial charge in [0.05, 0.1) is 18.7 Å². The highest BCUT2D eigenvalue weighted by molar-refractivity contribution is 6.35. The minimum Gasteiger partial charge on any atom is -0.497 e. The molecule has 158 valence electrons. The van der Waals surface area contributed by atoms with Gasteiger partial charge < -0.3 is 15.0 Å². The van der Waals surface area contributed by atoms with Gasteiger partial charge in [-0.3, -0.25) is 0 Å². The number of nitriles is 1. The van der Waals surface area contributed by atoms with Crippen molar-refractivity contribution in [2.24, 2.45) is 0 Å². The molecule has 0 bridgehead atoms. The van der Waals surface area contributed by atoms with Crippen molar-refractivity contribution in [1.29, 1.82) is 5.26 Å². The topological polar surface area (TPSA) is 65.4 Å². The highest BCUT2D eigenvalue weighted by Gasteiger charge is 2.16. The fourth-order valence-corrected chi connectivity index (χ4v) is 3.56. The summed E-state index contributed by atoms with van der Waals surface area (Å²) in [4.78, 5) is 14.8. The summed E-state index contributed by atoms with van der Waals surface area (Å²) in [5, 5.41) is 13.1. The molecule has 7 heteroatoms. The SMILES string of the molecule is COc1ccc(CN(CCc2ccc(Cl)cc2Cl)C(=O)Nc2cccc(C#N)c2)cc1. The van der Waals surface area contributed by atoms with Crippen molar-refractivity contribution in [2.75, 3.05) is 19.0 Å². The van der Waals surface area contributed by atoms with E-state index in [1.807, 2.05) is 30.3 Å². The first-order chi connectivity index (χ1) is 15.0. The van der Waals surface area contributed by atoms with E-state index >= 15 is 0 Å². The monoisotopic (exact) mass is 453 g/mol. The summed E-state index contributed by atoms with van der Waals surface area (Å²) in [5.74, 6) is 0.751. The van der Waals surface area contributed by atoms with Gasteiger partial charge >= 0.3 is 6.03 Å². The molecule has 0 aliphatic carbocycles. The lowest BCUT2D eigenvalue weighted by molar-refractivity contribution is 0.210. The van der Waals surface area contributed by atoms with Gasteiger partial charge in [0, 0.05) is 28.8 Å². The molecule has 0 saturated carbocycles. The van der Waals surface area contributed by atoms with E-state index in [0.717, 1.165) is 16.9 Å². The number of anilines is 1. The molecule has 0 saturated heterocycles. The molecule has 0 fully saturated rings. The van der Waals surface area contributed by atoms with Gasteiger partial charge in [0.1, 0.15) is 5.75 Å². The number of hydrogen-bond donors (Lipinski definition) is 1. The average Bonchev–Trinajstić information content (AvgIpc) is 2.78. The Labute approximate surface area is 191 Å². The van der Waals surface area contributed by atoms with Crippen LogP contribution in [0.4, 0.5) is 10.5 Å². The van der Waals surface area contributed by atoms with Crippen molar-refractivity contribution in [3.8, 4) is 11.8 Å². The fraction of sp³-hybridized carbons (Fsp3) is 0.167. The molecule has 3 rings (SSSR count). The van der Waals surface area contributed by atoms with Gasteiger partial charge in [-0.2, -0.15) is 5.26 Å². The molecule has 0 spiro atoms. The molecule has 0 atom stereocenters. The molecule has 0 heterocycles. The van der Waals surface area contributed by atoms with Crippen LogP contribution in [0.15, 0.2) is 66.7 Å². The van der Waals surface area contributed by atoms with Crippen LogP contribution in [0.25, 0.3) is 0 Å². The average molecular weight is 454 g/mol. The third-order valence-electron chi connectivity index (χ3n) is 4.73. The number of carbonyl (C=O) groups is 1. The van der Waals surface area contributed by atoms with E-state index < -0.39 is 0 Å². The first kappa shape index (κ1) is 22.5. The second kappa shape index (κ2) is 10.7. The number of nitrogens with one attached hydrogen (secondary N) is 1. The number of halogens is 2. The zero-order valence-electron chi connectivity index (χ0n) is 16.9. The van der Waals surface area contributed by atoms with Gasteiger partial charge in [-0.15, -0.1) is 0 Å². The molecular weight excluding hydrogens is 433 g/mol. The molecule has 3 aromatic rings. The summed E-state index contributed by atoms with van der Waals surface area (Å²) in [6, 6.07) is 21.5. The molecule has 3 aromatic carbocycles. The Morgan fingerprint density at radius 3 is 2.55 bits per heavy atom. The van der Waals surface area contributed by atoms with Gasteiger partial charge in [-0.1, -0.05) is 47.5 Å². The lowest BCUT2D eigenvalue weighted by atomic mass is 10.1. The third-order valence-corrected chi connectivity index (χ3v) is 5.32. The number of nitrogens with zero attached hydrogens (tertiary/aromatic N) is 2. The fourth-order valence-electron chi connectivity index (χ4n) is 3.05. The smallest absolute Gasteiger partial charge is 0.322 e. The molecule has 0 aromatic heterocycles. The number of urea groups is 1. The third kappa shape index (κ3) is 6.39. The van der Waals surface area contributed by atoms with Crippen molar-refractivity contribution in [1.82, 2.24) is 4.90 Å². The van der Waals surface area contributed by atoms with Crippen LogP contribution in [0.2, 0.25) is 10.0 Å². The summed E-state index contributed by atoms with van der Waals surface area (Å²) < 4.78 is 5.21. The second-order valence-corrected chi connectivity index (χ2v) is 7.72. The number of benzene rings is 3.